The summed E-state index contributed by atoms with van der Waals surface area (Å²) < 4.78 is 5.64. The van der Waals surface area contributed by atoms with E-state index in [2.05, 4.69) is 36.3 Å². The average Bonchev–Trinajstić information content (AvgIpc) is 2.72. The van der Waals surface area contributed by atoms with Crippen molar-refractivity contribution in [1.82, 2.24) is 10.2 Å². The third-order valence-corrected chi connectivity index (χ3v) is 5.11. The van der Waals surface area contributed by atoms with E-state index in [0.717, 1.165) is 24.3 Å². The van der Waals surface area contributed by atoms with E-state index in [1.807, 2.05) is 36.4 Å². The predicted octanol–water partition coefficient (Wildman–Crippen LogP) is 2.96. The van der Waals surface area contributed by atoms with Crippen LogP contribution in [0.1, 0.15) is 31.4 Å². The van der Waals surface area contributed by atoms with E-state index in [1.54, 1.807) is 11.8 Å². The van der Waals surface area contributed by atoms with Gasteiger partial charge in [0.2, 0.25) is 5.91 Å². The summed E-state index contributed by atoms with van der Waals surface area (Å²) in [5, 5.41) is 2.96. The molecule has 0 spiro atoms. The summed E-state index contributed by atoms with van der Waals surface area (Å²) in [5.74, 6) is 0.476. The molecule has 2 amide bonds. The lowest BCUT2D eigenvalue weighted by molar-refractivity contribution is -0.125. The molecule has 6 heteroatoms. The Balaban J connectivity index is 1.54. The Bertz CT molecular complexity index is 868. The zero-order chi connectivity index (χ0) is 20.8. The van der Waals surface area contributed by atoms with Gasteiger partial charge in [-0.25, -0.2) is 0 Å². The van der Waals surface area contributed by atoms with Gasteiger partial charge in [0.1, 0.15) is 5.75 Å². The SMILES string of the molecule is CCN(C)Cc1cccc(CNC(=O)CCN2C(=O)C(C)Oc3ccccc32)c1. The van der Waals surface area contributed by atoms with Crippen LogP contribution < -0.4 is 15.0 Å². The van der Waals surface area contributed by atoms with Gasteiger partial charge in [0, 0.05) is 26.1 Å². The van der Waals surface area contributed by atoms with Crippen LogP contribution in [0.15, 0.2) is 48.5 Å². The third kappa shape index (κ3) is 5.35. The van der Waals surface area contributed by atoms with Crippen LogP contribution in [-0.2, 0) is 22.7 Å². The van der Waals surface area contributed by atoms with Gasteiger partial charge in [-0.1, -0.05) is 43.3 Å². The molecule has 0 aromatic heterocycles. The first-order chi connectivity index (χ1) is 14.0. The number of carbonyl (C=O) groups is 2. The number of carbonyl (C=O) groups excluding carboxylic acids is 2. The minimum atomic E-state index is -0.544. The molecular formula is C23H29N3O3. The van der Waals surface area contributed by atoms with Crippen LogP contribution in [0.4, 0.5) is 5.69 Å². The molecule has 1 aliphatic heterocycles. The molecule has 1 aliphatic rings. The van der Waals surface area contributed by atoms with E-state index in [9.17, 15) is 9.59 Å². The van der Waals surface area contributed by atoms with E-state index >= 15 is 0 Å². The number of nitrogens with one attached hydrogen (secondary N) is 1. The second kappa shape index (κ2) is 9.56. The van der Waals surface area contributed by atoms with Crippen LogP contribution in [-0.4, -0.2) is 43.0 Å². The monoisotopic (exact) mass is 395 g/mol. The van der Waals surface area contributed by atoms with E-state index in [0.29, 0.717) is 18.8 Å². The molecule has 3 rings (SSSR count). The Kier molecular flexibility index (Phi) is 6.88. The van der Waals surface area contributed by atoms with Gasteiger partial charge in [-0.2, -0.15) is 0 Å². The normalized spacial score (nSPS) is 15.8. The molecule has 29 heavy (non-hydrogen) atoms. The molecule has 1 atom stereocenters. The van der Waals surface area contributed by atoms with Gasteiger partial charge >= 0.3 is 0 Å². The van der Waals surface area contributed by atoms with Crippen LogP contribution in [0.2, 0.25) is 0 Å². The highest BCUT2D eigenvalue weighted by Gasteiger charge is 2.31. The Morgan fingerprint density at radius 2 is 1.93 bits per heavy atom. The second-order valence-electron chi connectivity index (χ2n) is 7.39. The molecular weight excluding hydrogens is 366 g/mol. The van der Waals surface area contributed by atoms with Crippen LogP contribution in [0.3, 0.4) is 0 Å². The molecule has 0 radical (unpaired) electrons. The van der Waals surface area contributed by atoms with E-state index < -0.39 is 6.10 Å². The number of benzene rings is 2. The van der Waals surface area contributed by atoms with Crippen molar-refractivity contribution in [3.8, 4) is 5.75 Å². The summed E-state index contributed by atoms with van der Waals surface area (Å²) in [5.41, 5.74) is 3.02. The Hall–Kier alpha value is -2.86. The number of para-hydroxylation sites is 2. The van der Waals surface area contributed by atoms with Crippen molar-refractivity contribution >= 4 is 17.5 Å². The largest absolute Gasteiger partial charge is 0.479 e. The fourth-order valence-corrected chi connectivity index (χ4v) is 3.35. The first kappa shape index (κ1) is 20.9. The van der Waals surface area contributed by atoms with Crippen LogP contribution in [0.5, 0.6) is 5.75 Å². The number of rotatable bonds is 8. The maximum absolute atomic E-state index is 12.5. The number of anilines is 1. The van der Waals surface area contributed by atoms with Gasteiger partial charge in [-0.05, 0) is 43.8 Å². The summed E-state index contributed by atoms with van der Waals surface area (Å²) in [6.07, 6.45) is -0.303. The lowest BCUT2D eigenvalue weighted by Gasteiger charge is -2.32. The minimum absolute atomic E-state index is 0.0782. The quantitative estimate of drug-likeness (QED) is 0.747. The van der Waals surface area contributed by atoms with Crippen molar-refractivity contribution < 1.29 is 14.3 Å². The van der Waals surface area contributed by atoms with Gasteiger partial charge < -0.3 is 19.9 Å². The van der Waals surface area contributed by atoms with E-state index in [4.69, 9.17) is 4.74 Å². The molecule has 2 aromatic carbocycles. The highest BCUT2D eigenvalue weighted by atomic mass is 16.5. The van der Waals surface area contributed by atoms with Gasteiger partial charge in [-0.3, -0.25) is 9.59 Å². The van der Waals surface area contributed by atoms with Gasteiger partial charge in [-0.15, -0.1) is 0 Å². The minimum Gasteiger partial charge on any atom is -0.479 e. The average molecular weight is 396 g/mol. The van der Waals surface area contributed by atoms with Crippen LogP contribution in [0.25, 0.3) is 0 Å². The number of hydrogen-bond donors (Lipinski definition) is 1. The van der Waals surface area contributed by atoms with E-state index in [-0.39, 0.29) is 18.2 Å². The topological polar surface area (TPSA) is 61.9 Å². The Labute approximate surface area is 172 Å². The molecule has 2 aromatic rings. The lowest BCUT2D eigenvalue weighted by Crippen LogP contribution is -2.45. The van der Waals surface area contributed by atoms with Crippen LogP contribution >= 0.6 is 0 Å². The second-order valence-corrected chi connectivity index (χ2v) is 7.39. The van der Waals surface area contributed by atoms with Gasteiger partial charge in [0.05, 0.1) is 5.69 Å². The highest BCUT2D eigenvalue weighted by molar-refractivity contribution is 6.00. The van der Waals surface area contributed by atoms with Crippen molar-refractivity contribution in [3.63, 3.8) is 0 Å². The number of nitrogens with zero attached hydrogens (tertiary/aromatic N) is 2. The first-order valence-corrected chi connectivity index (χ1v) is 10.1. The number of amides is 2. The molecule has 1 heterocycles. The Morgan fingerprint density at radius 1 is 1.17 bits per heavy atom. The zero-order valence-corrected chi connectivity index (χ0v) is 17.4. The summed E-state index contributed by atoms with van der Waals surface area (Å²) in [6, 6.07) is 15.7. The summed E-state index contributed by atoms with van der Waals surface area (Å²) in [6.45, 7) is 6.54. The van der Waals surface area contributed by atoms with Gasteiger partial charge in [0.25, 0.3) is 5.91 Å². The number of hydrogen-bond acceptors (Lipinski definition) is 4. The van der Waals surface area contributed by atoms with Crippen molar-refractivity contribution in [2.45, 2.75) is 39.5 Å². The maximum atomic E-state index is 12.5. The van der Waals surface area contributed by atoms with Gasteiger partial charge in [0.15, 0.2) is 6.10 Å². The molecule has 0 aliphatic carbocycles. The van der Waals surface area contributed by atoms with E-state index in [1.165, 1.54) is 5.56 Å². The third-order valence-electron chi connectivity index (χ3n) is 5.11. The standard InChI is InChI=1S/C23H29N3O3/c1-4-25(3)16-19-9-7-8-18(14-19)15-24-22(27)12-13-26-20-10-5-6-11-21(20)29-17(2)23(26)28/h5-11,14,17H,4,12-13,15-16H2,1-3H3,(H,24,27). The lowest BCUT2D eigenvalue weighted by atomic mass is 10.1. The fourth-order valence-electron chi connectivity index (χ4n) is 3.35. The van der Waals surface area contributed by atoms with Crippen molar-refractivity contribution in [1.29, 1.82) is 0 Å². The number of fused-ring (bicyclic) bond motifs is 1. The molecule has 1 N–H and O–H groups in total. The Morgan fingerprint density at radius 3 is 2.72 bits per heavy atom. The molecule has 154 valence electrons. The molecule has 1 unspecified atom stereocenters. The smallest absolute Gasteiger partial charge is 0.267 e. The van der Waals surface area contributed by atoms with Crippen molar-refractivity contribution in [2.75, 3.05) is 25.0 Å². The predicted molar refractivity (Wildman–Crippen MR) is 114 cm³/mol. The zero-order valence-electron chi connectivity index (χ0n) is 17.4. The highest BCUT2D eigenvalue weighted by Crippen LogP contribution is 2.33. The molecule has 0 saturated carbocycles. The maximum Gasteiger partial charge on any atom is 0.267 e. The fraction of sp³-hybridized carbons (Fsp3) is 0.391. The van der Waals surface area contributed by atoms with Crippen molar-refractivity contribution in [2.24, 2.45) is 0 Å². The molecule has 0 fully saturated rings. The number of ether oxygens (including phenoxy) is 1. The van der Waals surface area contributed by atoms with Crippen molar-refractivity contribution in [3.05, 3.63) is 59.7 Å². The summed E-state index contributed by atoms with van der Waals surface area (Å²) in [4.78, 5) is 28.8. The molecule has 0 saturated heterocycles. The summed E-state index contributed by atoms with van der Waals surface area (Å²) in [7, 11) is 2.08. The first-order valence-electron chi connectivity index (χ1n) is 10.1. The van der Waals surface area contributed by atoms with Crippen LogP contribution in [0, 0.1) is 0 Å². The molecule has 0 bridgehead atoms. The summed E-state index contributed by atoms with van der Waals surface area (Å²) >= 11 is 0. The molecule has 6 nitrogen and oxygen atoms in total.